The monoisotopic (exact) mass is 633 g/mol. The van der Waals surface area contributed by atoms with E-state index in [-0.39, 0.29) is 23.4 Å². The molecule has 0 spiro atoms. The molecule has 0 aliphatic rings. The van der Waals surface area contributed by atoms with E-state index in [0.29, 0.717) is 5.69 Å². The lowest BCUT2D eigenvalue weighted by atomic mass is 10.1. The number of hydrogen-bond donors (Lipinski definition) is 1. The molecule has 0 aliphatic carbocycles. The van der Waals surface area contributed by atoms with Crippen molar-refractivity contribution in [2.24, 2.45) is 0 Å². The number of amides is 2. The van der Waals surface area contributed by atoms with E-state index in [1.807, 2.05) is 45.0 Å². The van der Waals surface area contributed by atoms with Gasteiger partial charge in [-0.3, -0.25) is 13.9 Å². The number of sulfonamides is 1. The Morgan fingerprint density at radius 1 is 0.919 bits per heavy atom. The van der Waals surface area contributed by atoms with Gasteiger partial charge in [0, 0.05) is 16.2 Å². The molecule has 0 heterocycles. The second-order valence-corrected chi connectivity index (χ2v) is 12.3. The maximum atomic E-state index is 13.8. The summed E-state index contributed by atoms with van der Waals surface area (Å²) >= 11 is 2.14. The first-order valence-corrected chi connectivity index (χ1v) is 14.5. The van der Waals surface area contributed by atoms with Gasteiger partial charge in [-0.2, -0.15) is 0 Å². The summed E-state index contributed by atoms with van der Waals surface area (Å²) in [6.45, 7) is 7.02. The van der Waals surface area contributed by atoms with Crippen LogP contribution in [0.15, 0.2) is 83.8 Å². The Morgan fingerprint density at radius 2 is 1.57 bits per heavy atom. The van der Waals surface area contributed by atoms with Gasteiger partial charge in [-0.15, -0.1) is 0 Å². The van der Waals surface area contributed by atoms with Crippen LogP contribution in [0.1, 0.15) is 31.9 Å². The predicted molar refractivity (Wildman–Crippen MR) is 155 cm³/mol. The fourth-order valence-corrected chi connectivity index (χ4v) is 5.65. The second-order valence-electron chi connectivity index (χ2n) is 9.15. The summed E-state index contributed by atoms with van der Waals surface area (Å²) in [5.41, 5.74) is 2.24. The molecule has 2 amide bonds. The number of hydrogen-bond acceptors (Lipinski definition) is 4. The number of nitrogens with one attached hydrogen (secondary N) is 1. The van der Waals surface area contributed by atoms with Crippen molar-refractivity contribution >= 4 is 50.1 Å². The molecular formula is C28H32IN3O4S. The minimum atomic E-state index is -4.06. The highest BCUT2D eigenvalue weighted by Gasteiger charge is 2.32. The van der Waals surface area contributed by atoms with E-state index in [2.05, 4.69) is 27.9 Å². The van der Waals surface area contributed by atoms with Crippen LogP contribution in [-0.2, 0) is 26.2 Å². The molecule has 0 aromatic heterocycles. The van der Waals surface area contributed by atoms with Crippen molar-refractivity contribution in [3.05, 3.63) is 93.6 Å². The van der Waals surface area contributed by atoms with Crippen molar-refractivity contribution < 1.29 is 18.0 Å². The van der Waals surface area contributed by atoms with E-state index < -0.39 is 28.5 Å². The molecule has 0 unspecified atom stereocenters. The molecule has 1 N–H and O–H groups in total. The second kappa shape index (κ2) is 12.6. The van der Waals surface area contributed by atoms with E-state index >= 15 is 0 Å². The molecule has 0 fully saturated rings. The number of nitrogens with zero attached hydrogens (tertiary/aromatic N) is 2. The van der Waals surface area contributed by atoms with Gasteiger partial charge >= 0.3 is 0 Å². The predicted octanol–water partition coefficient (Wildman–Crippen LogP) is 4.74. The van der Waals surface area contributed by atoms with Crippen LogP contribution in [0.3, 0.4) is 0 Å². The molecule has 37 heavy (non-hydrogen) atoms. The summed E-state index contributed by atoms with van der Waals surface area (Å²) in [5.74, 6) is -0.784. The minimum Gasteiger partial charge on any atom is -0.352 e. The largest absolute Gasteiger partial charge is 0.352 e. The third-order valence-corrected chi connectivity index (χ3v) is 8.27. The Hall–Kier alpha value is -2.92. The molecule has 0 saturated heterocycles. The number of benzene rings is 3. The first-order chi connectivity index (χ1) is 17.5. The molecule has 0 radical (unpaired) electrons. The van der Waals surface area contributed by atoms with Crippen molar-refractivity contribution in [3.8, 4) is 0 Å². The lowest BCUT2D eigenvalue weighted by Crippen LogP contribution is -2.52. The number of rotatable bonds is 10. The van der Waals surface area contributed by atoms with Gasteiger partial charge in [0.15, 0.2) is 0 Å². The van der Waals surface area contributed by atoms with E-state index in [4.69, 9.17) is 0 Å². The van der Waals surface area contributed by atoms with Crippen LogP contribution in [0.25, 0.3) is 0 Å². The van der Waals surface area contributed by atoms with Crippen LogP contribution in [0, 0.1) is 10.5 Å². The zero-order valence-electron chi connectivity index (χ0n) is 21.4. The van der Waals surface area contributed by atoms with Crippen LogP contribution < -0.4 is 9.62 Å². The van der Waals surface area contributed by atoms with Gasteiger partial charge in [-0.1, -0.05) is 48.0 Å². The van der Waals surface area contributed by atoms with E-state index in [1.165, 1.54) is 17.0 Å². The molecular weight excluding hydrogens is 601 g/mol. The minimum absolute atomic E-state index is 0.0807. The van der Waals surface area contributed by atoms with Crippen molar-refractivity contribution in [3.63, 3.8) is 0 Å². The van der Waals surface area contributed by atoms with Gasteiger partial charge in [0.1, 0.15) is 12.6 Å². The number of carbonyl (C=O) groups is 2. The van der Waals surface area contributed by atoms with Crippen LogP contribution in [0.2, 0.25) is 0 Å². The first-order valence-electron chi connectivity index (χ1n) is 12.0. The Labute approximate surface area is 233 Å². The van der Waals surface area contributed by atoms with E-state index in [9.17, 15) is 18.0 Å². The quantitative estimate of drug-likeness (QED) is 0.327. The van der Waals surface area contributed by atoms with Crippen molar-refractivity contribution in [1.29, 1.82) is 0 Å². The zero-order chi connectivity index (χ0) is 27.2. The summed E-state index contributed by atoms with van der Waals surface area (Å²) in [6.07, 6.45) is 0. The number of halogens is 1. The number of aryl methyl sites for hydroxylation is 1. The van der Waals surface area contributed by atoms with Gasteiger partial charge in [-0.25, -0.2) is 8.42 Å². The SMILES string of the molecule is Cc1cccc(CN(C(=O)CN(c2ccc(I)cc2)S(=O)(=O)c2ccccc2)[C@@H](C)C(=O)NC(C)C)c1. The van der Waals surface area contributed by atoms with E-state index in [1.54, 1.807) is 49.4 Å². The number of carbonyl (C=O) groups excluding carboxylic acids is 2. The van der Waals surface area contributed by atoms with Crippen LogP contribution in [-0.4, -0.2) is 43.8 Å². The Kier molecular flexibility index (Phi) is 9.72. The van der Waals surface area contributed by atoms with Gasteiger partial charge < -0.3 is 10.2 Å². The van der Waals surface area contributed by atoms with Crippen molar-refractivity contribution in [2.75, 3.05) is 10.8 Å². The fourth-order valence-electron chi connectivity index (χ4n) is 3.85. The van der Waals surface area contributed by atoms with Crippen molar-refractivity contribution in [2.45, 2.75) is 51.2 Å². The van der Waals surface area contributed by atoms with Crippen LogP contribution in [0.4, 0.5) is 5.69 Å². The van der Waals surface area contributed by atoms with Crippen LogP contribution >= 0.6 is 22.6 Å². The average molecular weight is 634 g/mol. The third-order valence-electron chi connectivity index (χ3n) is 5.76. The lowest BCUT2D eigenvalue weighted by Gasteiger charge is -2.32. The highest BCUT2D eigenvalue weighted by atomic mass is 127. The molecule has 1 atom stereocenters. The van der Waals surface area contributed by atoms with Crippen molar-refractivity contribution in [1.82, 2.24) is 10.2 Å². The normalized spacial score (nSPS) is 12.2. The molecule has 9 heteroatoms. The Morgan fingerprint density at radius 3 is 2.16 bits per heavy atom. The summed E-state index contributed by atoms with van der Waals surface area (Å²) in [6, 6.07) is 21.7. The first kappa shape index (κ1) is 28.6. The maximum absolute atomic E-state index is 13.8. The van der Waals surface area contributed by atoms with Gasteiger partial charge in [0.05, 0.1) is 10.6 Å². The smallest absolute Gasteiger partial charge is 0.264 e. The Balaban J connectivity index is 2.01. The highest BCUT2D eigenvalue weighted by Crippen LogP contribution is 2.25. The van der Waals surface area contributed by atoms with Gasteiger partial charge in [-0.05, 0) is 92.2 Å². The van der Waals surface area contributed by atoms with E-state index in [0.717, 1.165) is 19.0 Å². The molecule has 0 bridgehead atoms. The average Bonchev–Trinajstić information content (AvgIpc) is 2.86. The van der Waals surface area contributed by atoms with Crippen LogP contribution in [0.5, 0.6) is 0 Å². The fraction of sp³-hybridized carbons (Fsp3) is 0.286. The molecule has 3 rings (SSSR count). The zero-order valence-corrected chi connectivity index (χ0v) is 24.4. The van der Waals surface area contributed by atoms with Gasteiger partial charge in [0.2, 0.25) is 11.8 Å². The highest BCUT2D eigenvalue weighted by molar-refractivity contribution is 14.1. The Bertz CT molecular complexity index is 1330. The topological polar surface area (TPSA) is 86.8 Å². The summed E-state index contributed by atoms with van der Waals surface area (Å²) < 4.78 is 29.4. The lowest BCUT2D eigenvalue weighted by molar-refractivity contribution is -0.139. The third kappa shape index (κ3) is 7.54. The maximum Gasteiger partial charge on any atom is 0.264 e. The standard InChI is InChI=1S/C28H32IN3O4S/c1-20(2)30-28(34)22(4)31(18-23-10-8-9-21(3)17-23)27(33)19-32(25-15-13-24(29)14-16-25)37(35,36)26-11-6-5-7-12-26/h5-17,20,22H,18-19H2,1-4H3,(H,30,34)/t22-/m0/s1. The molecule has 3 aromatic carbocycles. The summed E-state index contributed by atoms with van der Waals surface area (Å²) in [5, 5.41) is 2.86. The molecule has 0 aliphatic heterocycles. The number of anilines is 1. The molecule has 7 nitrogen and oxygen atoms in total. The van der Waals surface area contributed by atoms with Gasteiger partial charge in [0.25, 0.3) is 10.0 Å². The summed E-state index contributed by atoms with van der Waals surface area (Å²) in [4.78, 5) is 28.3. The molecule has 3 aromatic rings. The molecule has 0 saturated carbocycles. The molecule has 196 valence electrons. The summed E-state index contributed by atoms with van der Waals surface area (Å²) in [7, 11) is -4.06.